The lowest BCUT2D eigenvalue weighted by Crippen LogP contribution is -2.44. The molecule has 0 amide bonds. The Balaban J connectivity index is 1.29. The zero-order valence-corrected chi connectivity index (χ0v) is 28.8. The second-order valence-corrected chi connectivity index (χ2v) is 14.7. The summed E-state index contributed by atoms with van der Waals surface area (Å²) in [4.78, 5) is 14.3. The molecule has 2 N–H and O–H groups in total. The number of rotatable bonds is 6. The number of nitrogens with one attached hydrogen (secondary N) is 1. The number of halogens is 2. The lowest BCUT2D eigenvalue weighted by Gasteiger charge is -2.31. The van der Waals surface area contributed by atoms with Crippen molar-refractivity contribution < 1.29 is 23.4 Å². The number of hydrogen-bond donors (Lipinski definition) is 2. The molecule has 4 aromatic heterocycles. The van der Waals surface area contributed by atoms with Crippen molar-refractivity contribution in [1.29, 1.82) is 0 Å². The van der Waals surface area contributed by atoms with Crippen LogP contribution in [0.1, 0.15) is 44.4 Å². The van der Waals surface area contributed by atoms with Gasteiger partial charge in [0.1, 0.15) is 35.7 Å². The number of benzene rings is 2. The van der Waals surface area contributed by atoms with Gasteiger partial charge >= 0.3 is 6.01 Å². The summed E-state index contributed by atoms with van der Waals surface area (Å²) in [6.45, 7) is 8.61. The van der Waals surface area contributed by atoms with Crippen molar-refractivity contribution in [3.63, 3.8) is 0 Å². The number of aryl methyl sites for hydroxylation is 3. The molecule has 3 aliphatic heterocycles. The van der Waals surface area contributed by atoms with Gasteiger partial charge in [-0.2, -0.15) is 20.2 Å². The summed E-state index contributed by atoms with van der Waals surface area (Å²) < 4.78 is 46.2. The van der Waals surface area contributed by atoms with Crippen LogP contribution in [0.25, 0.3) is 49.4 Å². The van der Waals surface area contributed by atoms with Crippen molar-refractivity contribution in [3.05, 3.63) is 41.5 Å². The van der Waals surface area contributed by atoms with E-state index in [0.29, 0.717) is 49.6 Å². The molecule has 0 unspecified atom stereocenters. The Morgan fingerprint density at radius 3 is 2.88 bits per heavy atom. The second-order valence-electron chi connectivity index (χ2n) is 14.7. The Labute approximate surface area is 287 Å². The predicted octanol–water partition coefficient (Wildman–Crippen LogP) is 4.89. The van der Waals surface area contributed by atoms with Crippen molar-refractivity contribution in [3.8, 4) is 11.7 Å². The number of alkyl halides is 1. The molecule has 3 saturated heterocycles. The van der Waals surface area contributed by atoms with Crippen molar-refractivity contribution in [1.82, 2.24) is 39.4 Å². The van der Waals surface area contributed by atoms with E-state index in [1.807, 2.05) is 41.1 Å². The largest absolute Gasteiger partial charge is 0.461 e. The number of hydrogen-bond acceptors (Lipinski definition) is 9. The van der Waals surface area contributed by atoms with Gasteiger partial charge in [-0.3, -0.25) is 10.00 Å². The summed E-state index contributed by atoms with van der Waals surface area (Å²) in [5.41, 5.74) is 2.77. The standard InChI is InChI=1S/C36H41F2N9O3/c1-5-23-25(38)8-7-21-13-26-24(15-39-42-26)30(28(21)23)47-33-27(20(2)43-47)29-31(44(33)4)40-34(41-32(29)45-11-12-49-18-35(3,48)17-45)50-19-36-9-6-10-46(36)16-22(37)14-36/h7-8,13,15,22,48H,5-6,9-12,14,16-19H2,1-4H3,(H,39,42)/t22-,35+,36+/m1/s1. The number of anilines is 1. The van der Waals surface area contributed by atoms with Gasteiger partial charge in [0.25, 0.3) is 0 Å². The van der Waals surface area contributed by atoms with Crippen molar-refractivity contribution >= 4 is 49.6 Å². The first kappa shape index (κ1) is 31.6. The molecule has 262 valence electrons. The Morgan fingerprint density at radius 2 is 2.04 bits per heavy atom. The molecule has 50 heavy (non-hydrogen) atoms. The third-order valence-electron chi connectivity index (χ3n) is 11.1. The number of fused-ring (bicyclic) bond motifs is 6. The minimum absolute atomic E-state index is 0.194. The minimum atomic E-state index is -1.12. The molecule has 6 aromatic rings. The minimum Gasteiger partial charge on any atom is -0.461 e. The monoisotopic (exact) mass is 685 g/mol. The van der Waals surface area contributed by atoms with E-state index in [1.165, 1.54) is 6.07 Å². The zero-order valence-electron chi connectivity index (χ0n) is 28.8. The lowest BCUT2D eigenvalue weighted by molar-refractivity contribution is -0.0123. The number of aromatic amines is 1. The summed E-state index contributed by atoms with van der Waals surface area (Å²) in [5.74, 6) is 0.333. The van der Waals surface area contributed by atoms with Crippen LogP contribution in [-0.4, -0.2) is 108 Å². The Bertz CT molecular complexity index is 2310. The molecule has 0 saturated carbocycles. The van der Waals surface area contributed by atoms with Crippen molar-refractivity contribution in [2.24, 2.45) is 7.05 Å². The van der Waals surface area contributed by atoms with Crippen LogP contribution in [0.5, 0.6) is 6.01 Å². The highest BCUT2D eigenvalue weighted by atomic mass is 19.1. The molecule has 9 rings (SSSR count). The van der Waals surface area contributed by atoms with Gasteiger partial charge in [-0.25, -0.2) is 13.5 Å². The van der Waals surface area contributed by atoms with E-state index >= 15 is 4.39 Å². The first-order valence-corrected chi connectivity index (χ1v) is 17.5. The SMILES string of the molecule is CCc1c(F)ccc2cc3[nH]ncc3c(-n3nc(C)c4c5c(N6CCOC[C@@](C)(O)C6)nc(OC[C@@]67CCCN6C[C@H](F)C7)nc5n(C)c43)c12. The highest BCUT2D eigenvalue weighted by molar-refractivity contribution is 6.14. The average molecular weight is 686 g/mol. The molecular weight excluding hydrogens is 644 g/mol. The molecule has 12 nitrogen and oxygen atoms in total. The molecular formula is C36H41F2N9O3. The van der Waals surface area contributed by atoms with Crippen LogP contribution in [0, 0.1) is 12.7 Å². The van der Waals surface area contributed by atoms with Crippen LogP contribution < -0.4 is 9.64 Å². The normalized spacial score (nSPS) is 24.7. The third kappa shape index (κ3) is 4.71. The fraction of sp³-hybridized carbons (Fsp3) is 0.500. The average Bonchev–Trinajstić information content (AvgIpc) is 3.87. The number of H-pyrrole nitrogens is 1. The van der Waals surface area contributed by atoms with Crippen LogP contribution in [0.4, 0.5) is 14.6 Å². The van der Waals surface area contributed by atoms with E-state index in [2.05, 4.69) is 15.1 Å². The summed E-state index contributed by atoms with van der Waals surface area (Å²) in [7, 11) is 1.94. The van der Waals surface area contributed by atoms with Gasteiger partial charge in [0.2, 0.25) is 0 Å². The molecule has 3 atom stereocenters. The molecule has 0 aliphatic carbocycles. The fourth-order valence-corrected chi connectivity index (χ4v) is 8.87. The molecule has 7 heterocycles. The lowest BCUT2D eigenvalue weighted by atomic mass is 9.95. The van der Waals surface area contributed by atoms with E-state index in [0.717, 1.165) is 68.9 Å². The van der Waals surface area contributed by atoms with E-state index in [4.69, 9.17) is 24.5 Å². The number of β-amino-alcohol motifs (C(OH)–C–C–N with tert-alkyl or cyclic N) is 1. The zero-order chi connectivity index (χ0) is 34.5. The maximum Gasteiger partial charge on any atom is 0.320 e. The summed E-state index contributed by atoms with van der Waals surface area (Å²) in [6.07, 6.45) is 3.68. The maximum absolute atomic E-state index is 15.4. The number of nitrogens with zero attached hydrogens (tertiary/aromatic N) is 8. The Kier molecular flexibility index (Phi) is 7.14. The molecule has 0 spiro atoms. The van der Waals surface area contributed by atoms with Crippen molar-refractivity contribution in [2.45, 2.75) is 63.8 Å². The van der Waals surface area contributed by atoms with Gasteiger partial charge in [-0.05, 0) is 62.7 Å². The van der Waals surface area contributed by atoms with E-state index in [-0.39, 0.29) is 37.1 Å². The number of aliphatic hydroxyl groups is 1. The predicted molar refractivity (Wildman–Crippen MR) is 187 cm³/mol. The summed E-state index contributed by atoms with van der Waals surface area (Å²) >= 11 is 0. The van der Waals surface area contributed by atoms with Gasteiger partial charge in [-0.1, -0.05) is 13.0 Å². The second kappa shape index (κ2) is 11.3. The highest BCUT2D eigenvalue weighted by Crippen LogP contribution is 2.43. The van der Waals surface area contributed by atoms with E-state index < -0.39 is 11.8 Å². The van der Waals surface area contributed by atoms with Crippen LogP contribution in [-0.2, 0) is 18.2 Å². The first-order chi connectivity index (χ1) is 24.1. The molecule has 0 bridgehead atoms. The molecule has 3 fully saturated rings. The van der Waals surface area contributed by atoms with Crippen LogP contribution in [0.3, 0.4) is 0 Å². The van der Waals surface area contributed by atoms with Gasteiger partial charge in [0.15, 0.2) is 5.65 Å². The number of ether oxygens (including phenoxy) is 2. The molecule has 3 aliphatic rings. The highest BCUT2D eigenvalue weighted by Gasteiger charge is 2.49. The first-order valence-electron chi connectivity index (χ1n) is 17.5. The quantitative estimate of drug-likeness (QED) is 0.253. The maximum atomic E-state index is 15.4. The molecule has 14 heteroatoms. The van der Waals surface area contributed by atoms with E-state index in [9.17, 15) is 9.50 Å². The third-order valence-corrected chi connectivity index (χ3v) is 11.1. The fourth-order valence-electron chi connectivity index (χ4n) is 8.87. The summed E-state index contributed by atoms with van der Waals surface area (Å²) in [5, 5.41) is 27.9. The van der Waals surface area contributed by atoms with Crippen LogP contribution >= 0.6 is 0 Å². The number of aromatic nitrogens is 7. The molecule has 0 radical (unpaired) electrons. The van der Waals surface area contributed by atoms with Gasteiger partial charge in [0.05, 0.1) is 59.2 Å². The smallest absolute Gasteiger partial charge is 0.320 e. The van der Waals surface area contributed by atoms with Gasteiger partial charge in [-0.15, -0.1) is 0 Å². The topological polar surface area (TPSA) is 122 Å². The van der Waals surface area contributed by atoms with Crippen LogP contribution in [0.15, 0.2) is 24.4 Å². The Morgan fingerprint density at radius 1 is 1.18 bits per heavy atom. The van der Waals surface area contributed by atoms with E-state index in [1.54, 1.807) is 19.2 Å². The van der Waals surface area contributed by atoms with Gasteiger partial charge < -0.3 is 24.0 Å². The van der Waals surface area contributed by atoms with Crippen molar-refractivity contribution in [2.75, 3.05) is 50.9 Å². The Hall–Kier alpha value is -4.40. The van der Waals surface area contributed by atoms with Gasteiger partial charge in [0, 0.05) is 37.3 Å². The molecule has 2 aromatic carbocycles. The van der Waals surface area contributed by atoms with Crippen LogP contribution in [0.2, 0.25) is 0 Å². The summed E-state index contributed by atoms with van der Waals surface area (Å²) in [6, 6.07) is 5.50.